The normalized spacial score (nSPS) is 11.7. The highest BCUT2D eigenvalue weighted by Gasteiger charge is 2.13. The van der Waals surface area contributed by atoms with Crippen molar-refractivity contribution in [1.29, 1.82) is 0 Å². The highest BCUT2D eigenvalue weighted by Crippen LogP contribution is 2.14. The molecule has 0 radical (unpaired) electrons. The Morgan fingerprint density at radius 2 is 1.95 bits per heavy atom. The minimum Gasteiger partial charge on any atom is -0.352 e. The Morgan fingerprint density at radius 3 is 2.48 bits per heavy atom. The van der Waals surface area contributed by atoms with Crippen LogP contribution in [0.2, 0.25) is 0 Å². The predicted molar refractivity (Wildman–Crippen MR) is 83.6 cm³/mol. The van der Waals surface area contributed by atoms with E-state index in [-0.39, 0.29) is 10.8 Å². The maximum absolute atomic E-state index is 12.0. The van der Waals surface area contributed by atoms with Crippen LogP contribution in [0.15, 0.2) is 23.1 Å². The zero-order valence-corrected chi connectivity index (χ0v) is 13.7. The van der Waals surface area contributed by atoms with Crippen LogP contribution in [0.4, 0.5) is 0 Å². The van der Waals surface area contributed by atoms with Crippen LogP contribution in [-0.2, 0) is 10.0 Å². The van der Waals surface area contributed by atoms with Crippen molar-refractivity contribution in [1.82, 2.24) is 5.32 Å². The first-order chi connectivity index (χ1) is 9.71. The molecule has 3 N–H and O–H groups in total. The molecule has 1 aromatic carbocycles. The number of hydrogen-bond acceptors (Lipinski definition) is 3. The summed E-state index contributed by atoms with van der Waals surface area (Å²) in [4.78, 5) is 12.1. The Labute approximate surface area is 127 Å². The van der Waals surface area contributed by atoms with Crippen LogP contribution >= 0.6 is 0 Å². The van der Waals surface area contributed by atoms with Crippen molar-refractivity contribution in [3.63, 3.8) is 0 Å². The second kappa shape index (κ2) is 7.56. The summed E-state index contributed by atoms with van der Waals surface area (Å²) in [5.74, 6) is 0.492. The van der Waals surface area contributed by atoms with E-state index >= 15 is 0 Å². The quantitative estimate of drug-likeness (QED) is 0.756. The number of sulfonamides is 1. The molecule has 0 fully saturated rings. The van der Waals surface area contributed by atoms with E-state index in [2.05, 4.69) is 19.2 Å². The van der Waals surface area contributed by atoms with E-state index in [4.69, 9.17) is 5.14 Å². The maximum atomic E-state index is 12.0. The number of rotatable bonds is 7. The molecular weight excluding hydrogens is 288 g/mol. The molecule has 0 aromatic heterocycles. The Balaban J connectivity index is 2.59. The van der Waals surface area contributed by atoms with Gasteiger partial charge in [0.25, 0.3) is 5.91 Å². The second-order valence-corrected chi connectivity index (χ2v) is 7.23. The van der Waals surface area contributed by atoms with Crippen LogP contribution in [0, 0.1) is 12.8 Å². The number of benzene rings is 1. The van der Waals surface area contributed by atoms with E-state index in [0.29, 0.717) is 23.6 Å². The van der Waals surface area contributed by atoms with Gasteiger partial charge in [0, 0.05) is 12.1 Å². The Bertz CT molecular complexity index is 595. The molecule has 0 saturated heterocycles. The van der Waals surface area contributed by atoms with E-state index in [9.17, 15) is 13.2 Å². The average Bonchev–Trinajstić information content (AvgIpc) is 2.36. The minimum absolute atomic E-state index is 0.0217. The van der Waals surface area contributed by atoms with Crippen molar-refractivity contribution in [2.45, 2.75) is 44.9 Å². The minimum atomic E-state index is -3.73. The summed E-state index contributed by atoms with van der Waals surface area (Å²) in [6, 6.07) is 4.28. The van der Waals surface area contributed by atoms with Gasteiger partial charge in [0.15, 0.2) is 0 Å². The number of carbonyl (C=O) groups is 1. The fourth-order valence-corrected chi connectivity index (χ4v) is 2.64. The van der Waals surface area contributed by atoms with Crippen molar-refractivity contribution >= 4 is 15.9 Å². The van der Waals surface area contributed by atoms with Gasteiger partial charge in [-0.05, 0) is 43.0 Å². The summed E-state index contributed by atoms with van der Waals surface area (Å²) in [6.07, 6.45) is 3.18. The lowest BCUT2D eigenvalue weighted by Crippen LogP contribution is -2.25. The summed E-state index contributed by atoms with van der Waals surface area (Å²) < 4.78 is 22.5. The standard InChI is InChI=1S/C15H24N2O3S/c1-11(2)6-4-5-9-17-15(18)14-8-7-13(10-12(14)3)21(16,19)20/h7-8,10-11H,4-6,9H2,1-3H3,(H,17,18)(H2,16,19,20). The molecule has 0 heterocycles. The molecule has 6 heteroatoms. The van der Waals surface area contributed by atoms with E-state index in [1.165, 1.54) is 18.2 Å². The number of primary sulfonamides is 1. The number of hydrogen-bond donors (Lipinski definition) is 2. The molecular formula is C15H24N2O3S. The van der Waals surface area contributed by atoms with Crippen LogP contribution in [0.5, 0.6) is 0 Å². The molecule has 0 atom stereocenters. The predicted octanol–water partition coefficient (Wildman–Crippen LogP) is 2.20. The summed E-state index contributed by atoms with van der Waals surface area (Å²) in [6.45, 7) is 6.67. The van der Waals surface area contributed by atoms with Crippen LogP contribution in [0.3, 0.4) is 0 Å². The number of unbranched alkanes of at least 4 members (excludes halogenated alkanes) is 1. The van der Waals surface area contributed by atoms with E-state index in [0.717, 1.165) is 19.3 Å². The summed E-state index contributed by atoms with van der Waals surface area (Å²) in [5, 5.41) is 7.91. The molecule has 0 saturated carbocycles. The molecule has 0 aliphatic carbocycles. The van der Waals surface area contributed by atoms with E-state index in [1.807, 2.05) is 0 Å². The maximum Gasteiger partial charge on any atom is 0.251 e. The van der Waals surface area contributed by atoms with Gasteiger partial charge < -0.3 is 5.32 Å². The number of amides is 1. The SMILES string of the molecule is Cc1cc(S(N)(=O)=O)ccc1C(=O)NCCCCC(C)C. The third-order valence-corrected chi connectivity index (χ3v) is 4.18. The molecule has 0 bridgehead atoms. The molecule has 118 valence electrons. The van der Waals surface area contributed by atoms with Crippen LogP contribution in [0.25, 0.3) is 0 Å². The first-order valence-corrected chi connectivity index (χ1v) is 8.68. The largest absolute Gasteiger partial charge is 0.352 e. The highest BCUT2D eigenvalue weighted by atomic mass is 32.2. The van der Waals surface area contributed by atoms with Crippen LogP contribution in [-0.4, -0.2) is 20.9 Å². The van der Waals surface area contributed by atoms with Gasteiger partial charge in [0.1, 0.15) is 0 Å². The summed E-state index contributed by atoms with van der Waals surface area (Å²) in [7, 11) is -3.73. The molecule has 0 aliphatic heterocycles. The van der Waals surface area contributed by atoms with Crippen LogP contribution < -0.4 is 10.5 Å². The second-order valence-electron chi connectivity index (χ2n) is 5.67. The van der Waals surface area contributed by atoms with Crippen molar-refractivity contribution < 1.29 is 13.2 Å². The fourth-order valence-electron chi connectivity index (χ4n) is 2.04. The van der Waals surface area contributed by atoms with Gasteiger partial charge in [-0.3, -0.25) is 4.79 Å². The summed E-state index contributed by atoms with van der Waals surface area (Å²) in [5.41, 5.74) is 1.08. The lowest BCUT2D eigenvalue weighted by atomic mass is 10.1. The first-order valence-electron chi connectivity index (χ1n) is 7.13. The van der Waals surface area contributed by atoms with Gasteiger partial charge in [-0.15, -0.1) is 0 Å². The van der Waals surface area contributed by atoms with Gasteiger partial charge in [-0.25, -0.2) is 13.6 Å². The van der Waals surface area contributed by atoms with Gasteiger partial charge >= 0.3 is 0 Å². The zero-order chi connectivity index (χ0) is 16.0. The van der Waals surface area contributed by atoms with Gasteiger partial charge in [0.2, 0.25) is 10.0 Å². The molecule has 5 nitrogen and oxygen atoms in total. The number of carbonyl (C=O) groups excluding carboxylic acids is 1. The topological polar surface area (TPSA) is 89.3 Å². The monoisotopic (exact) mass is 312 g/mol. The van der Waals surface area contributed by atoms with E-state index in [1.54, 1.807) is 6.92 Å². The van der Waals surface area contributed by atoms with Gasteiger partial charge in [0.05, 0.1) is 4.90 Å². The zero-order valence-electron chi connectivity index (χ0n) is 12.8. The Kier molecular flexibility index (Phi) is 6.36. The van der Waals surface area contributed by atoms with Crippen molar-refractivity contribution in [3.8, 4) is 0 Å². The van der Waals surface area contributed by atoms with E-state index < -0.39 is 10.0 Å². The molecule has 21 heavy (non-hydrogen) atoms. The van der Waals surface area contributed by atoms with Crippen molar-refractivity contribution in [3.05, 3.63) is 29.3 Å². The molecule has 0 unspecified atom stereocenters. The average molecular weight is 312 g/mol. The molecule has 1 aromatic rings. The lowest BCUT2D eigenvalue weighted by Gasteiger charge is -2.09. The highest BCUT2D eigenvalue weighted by molar-refractivity contribution is 7.89. The smallest absolute Gasteiger partial charge is 0.251 e. The lowest BCUT2D eigenvalue weighted by molar-refractivity contribution is 0.0952. The number of nitrogens with two attached hydrogens (primary N) is 1. The number of aryl methyl sites for hydroxylation is 1. The van der Waals surface area contributed by atoms with Gasteiger partial charge in [-0.1, -0.05) is 26.7 Å². The Hall–Kier alpha value is -1.40. The summed E-state index contributed by atoms with van der Waals surface area (Å²) >= 11 is 0. The van der Waals surface area contributed by atoms with Crippen molar-refractivity contribution in [2.75, 3.05) is 6.54 Å². The van der Waals surface area contributed by atoms with Gasteiger partial charge in [-0.2, -0.15) is 0 Å². The fraction of sp³-hybridized carbons (Fsp3) is 0.533. The molecule has 0 aliphatic rings. The Morgan fingerprint density at radius 1 is 1.29 bits per heavy atom. The van der Waals surface area contributed by atoms with Crippen LogP contribution in [0.1, 0.15) is 49.0 Å². The third-order valence-electron chi connectivity index (χ3n) is 3.26. The van der Waals surface area contributed by atoms with Crippen molar-refractivity contribution in [2.24, 2.45) is 11.1 Å². The first kappa shape index (κ1) is 17.7. The third kappa shape index (κ3) is 5.85. The number of nitrogens with one attached hydrogen (secondary N) is 1. The molecule has 1 amide bonds. The molecule has 1 rings (SSSR count). The molecule has 0 spiro atoms.